The summed E-state index contributed by atoms with van der Waals surface area (Å²) in [6.45, 7) is 2.98. The van der Waals surface area contributed by atoms with Gasteiger partial charge in [-0.15, -0.1) is 0 Å². The van der Waals surface area contributed by atoms with Crippen LogP contribution in [0.3, 0.4) is 0 Å². The number of nitrogens with zero attached hydrogens (tertiary/aromatic N) is 1. The summed E-state index contributed by atoms with van der Waals surface area (Å²) in [4.78, 5) is 2.71. The van der Waals surface area contributed by atoms with Crippen LogP contribution in [-0.4, -0.2) is 51.7 Å². The van der Waals surface area contributed by atoms with Gasteiger partial charge >= 0.3 is 0 Å². The van der Waals surface area contributed by atoms with E-state index in [1.165, 1.54) is 12.8 Å². The molecule has 0 radical (unpaired) electrons. The van der Waals surface area contributed by atoms with E-state index in [0.29, 0.717) is 17.5 Å². The number of fused-ring (bicyclic) bond motifs is 1. The number of benzene rings is 1. The van der Waals surface area contributed by atoms with Crippen LogP contribution >= 0.6 is 0 Å². The van der Waals surface area contributed by atoms with Crippen LogP contribution in [0.2, 0.25) is 0 Å². The smallest absolute Gasteiger partial charge is 0.240 e. The molecule has 0 amide bonds. The highest BCUT2D eigenvalue weighted by Crippen LogP contribution is 2.22. The van der Waals surface area contributed by atoms with Crippen molar-refractivity contribution in [2.75, 3.05) is 26.2 Å². The molecular weight excluding hydrogens is 276 g/mol. The Morgan fingerprint density at radius 2 is 2.10 bits per heavy atom. The third-order valence-corrected chi connectivity index (χ3v) is 5.46. The van der Waals surface area contributed by atoms with E-state index in [4.69, 9.17) is 4.74 Å². The number of sulfonamides is 1. The molecule has 2 saturated heterocycles. The van der Waals surface area contributed by atoms with Gasteiger partial charge in [0.25, 0.3) is 0 Å². The molecule has 0 spiro atoms. The average Bonchev–Trinajstić information content (AvgIpc) is 2.94. The summed E-state index contributed by atoms with van der Waals surface area (Å²) < 4.78 is 32.6. The van der Waals surface area contributed by atoms with Gasteiger partial charge in [0.2, 0.25) is 10.0 Å². The summed E-state index contributed by atoms with van der Waals surface area (Å²) in [7, 11) is -3.43. The van der Waals surface area contributed by atoms with Crippen molar-refractivity contribution >= 4 is 10.0 Å². The van der Waals surface area contributed by atoms with Gasteiger partial charge < -0.3 is 4.74 Å². The van der Waals surface area contributed by atoms with Gasteiger partial charge in [-0.3, -0.25) is 4.90 Å². The van der Waals surface area contributed by atoms with E-state index < -0.39 is 10.0 Å². The van der Waals surface area contributed by atoms with Gasteiger partial charge in [-0.05, 0) is 31.5 Å². The monoisotopic (exact) mass is 296 g/mol. The standard InChI is InChI=1S/C14H20N2O3S/c17-20(18,14-6-2-1-3-7-14)15-9-13-10-16-8-4-5-12(16)11-19-13/h1-3,6-7,12-13,15H,4-5,8-11H2. The SMILES string of the molecule is O=S(=O)(NCC1CN2CCCC2CO1)c1ccccc1. The van der Waals surface area contributed by atoms with Gasteiger partial charge in [0.1, 0.15) is 0 Å². The third-order valence-electron chi connectivity index (χ3n) is 4.02. The molecule has 2 atom stereocenters. The van der Waals surface area contributed by atoms with Gasteiger partial charge in [0.15, 0.2) is 0 Å². The quantitative estimate of drug-likeness (QED) is 0.894. The first kappa shape index (κ1) is 14.0. The lowest BCUT2D eigenvalue weighted by atomic mass is 10.2. The molecule has 5 nitrogen and oxygen atoms in total. The molecule has 2 aliphatic rings. The Labute approximate surface area is 120 Å². The molecule has 1 aromatic carbocycles. The topological polar surface area (TPSA) is 58.6 Å². The van der Waals surface area contributed by atoms with E-state index in [0.717, 1.165) is 19.7 Å². The van der Waals surface area contributed by atoms with Crippen molar-refractivity contribution in [3.63, 3.8) is 0 Å². The van der Waals surface area contributed by atoms with Crippen LogP contribution in [0, 0.1) is 0 Å². The number of nitrogens with one attached hydrogen (secondary N) is 1. The van der Waals surface area contributed by atoms with Crippen molar-refractivity contribution in [3.8, 4) is 0 Å². The van der Waals surface area contributed by atoms with Gasteiger partial charge in [-0.25, -0.2) is 13.1 Å². The van der Waals surface area contributed by atoms with Crippen LogP contribution in [0.5, 0.6) is 0 Å². The van der Waals surface area contributed by atoms with E-state index in [-0.39, 0.29) is 6.10 Å². The molecule has 0 aliphatic carbocycles. The zero-order chi connectivity index (χ0) is 14.0. The molecule has 1 N–H and O–H groups in total. The first-order valence-electron chi connectivity index (χ1n) is 7.05. The zero-order valence-electron chi connectivity index (χ0n) is 11.4. The molecule has 2 unspecified atom stereocenters. The number of hydrogen-bond acceptors (Lipinski definition) is 4. The van der Waals surface area contributed by atoms with Gasteiger partial charge in [0, 0.05) is 19.1 Å². The second kappa shape index (κ2) is 5.81. The Hall–Kier alpha value is -0.950. The minimum absolute atomic E-state index is 0.0529. The highest BCUT2D eigenvalue weighted by molar-refractivity contribution is 7.89. The number of morpholine rings is 1. The predicted octanol–water partition coefficient (Wildman–Crippen LogP) is 0.828. The van der Waals surface area contributed by atoms with E-state index in [2.05, 4.69) is 9.62 Å². The molecule has 2 aliphatic heterocycles. The lowest BCUT2D eigenvalue weighted by Gasteiger charge is -2.35. The maximum absolute atomic E-state index is 12.1. The summed E-state index contributed by atoms with van der Waals surface area (Å²) in [5.41, 5.74) is 0. The second-order valence-electron chi connectivity index (χ2n) is 5.41. The zero-order valence-corrected chi connectivity index (χ0v) is 12.2. The molecule has 0 saturated carbocycles. The fourth-order valence-electron chi connectivity index (χ4n) is 2.89. The van der Waals surface area contributed by atoms with Crippen molar-refractivity contribution in [2.24, 2.45) is 0 Å². The molecule has 0 aromatic heterocycles. The van der Waals surface area contributed by atoms with Crippen LogP contribution in [0.25, 0.3) is 0 Å². The molecular formula is C14H20N2O3S. The lowest BCUT2D eigenvalue weighted by molar-refractivity contribution is -0.0449. The van der Waals surface area contributed by atoms with E-state index in [9.17, 15) is 8.42 Å². The number of rotatable bonds is 4. The molecule has 2 heterocycles. The van der Waals surface area contributed by atoms with Gasteiger partial charge in [-0.1, -0.05) is 18.2 Å². The van der Waals surface area contributed by atoms with Gasteiger partial charge in [-0.2, -0.15) is 0 Å². The van der Waals surface area contributed by atoms with Crippen molar-refractivity contribution in [1.29, 1.82) is 0 Å². The Bertz CT molecular complexity index is 547. The summed E-state index contributed by atoms with van der Waals surface area (Å²) in [6.07, 6.45) is 2.36. The predicted molar refractivity (Wildman–Crippen MR) is 76.0 cm³/mol. The molecule has 0 bridgehead atoms. The highest BCUT2D eigenvalue weighted by Gasteiger charge is 2.32. The molecule has 110 valence electrons. The summed E-state index contributed by atoms with van der Waals surface area (Å²) in [5.74, 6) is 0. The Morgan fingerprint density at radius 1 is 1.30 bits per heavy atom. The molecule has 2 fully saturated rings. The highest BCUT2D eigenvalue weighted by atomic mass is 32.2. The van der Waals surface area contributed by atoms with Crippen molar-refractivity contribution in [1.82, 2.24) is 9.62 Å². The van der Waals surface area contributed by atoms with Gasteiger partial charge in [0.05, 0.1) is 17.6 Å². The Kier molecular flexibility index (Phi) is 4.07. The van der Waals surface area contributed by atoms with Crippen LogP contribution in [0.15, 0.2) is 35.2 Å². The minimum Gasteiger partial charge on any atom is -0.374 e. The Balaban J connectivity index is 1.57. The molecule has 20 heavy (non-hydrogen) atoms. The van der Waals surface area contributed by atoms with Crippen molar-refractivity contribution in [2.45, 2.75) is 29.9 Å². The fourth-order valence-corrected chi connectivity index (χ4v) is 3.98. The van der Waals surface area contributed by atoms with E-state index in [1.807, 2.05) is 0 Å². The number of ether oxygens (including phenoxy) is 1. The Morgan fingerprint density at radius 3 is 2.90 bits per heavy atom. The largest absolute Gasteiger partial charge is 0.374 e. The lowest BCUT2D eigenvalue weighted by Crippen LogP contribution is -2.50. The summed E-state index contributed by atoms with van der Waals surface area (Å²) in [6, 6.07) is 8.98. The first-order valence-corrected chi connectivity index (χ1v) is 8.54. The maximum atomic E-state index is 12.1. The van der Waals surface area contributed by atoms with Crippen LogP contribution in [-0.2, 0) is 14.8 Å². The normalized spacial score (nSPS) is 27.4. The van der Waals surface area contributed by atoms with Crippen molar-refractivity contribution < 1.29 is 13.2 Å². The first-order chi connectivity index (χ1) is 9.65. The molecule has 3 rings (SSSR count). The fraction of sp³-hybridized carbons (Fsp3) is 0.571. The molecule has 1 aromatic rings. The average molecular weight is 296 g/mol. The minimum atomic E-state index is -3.43. The summed E-state index contributed by atoms with van der Waals surface area (Å²) in [5, 5.41) is 0. The van der Waals surface area contributed by atoms with E-state index >= 15 is 0 Å². The van der Waals surface area contributed by atoms with E-state index in [1.54, 1.807) is 30.3 Å². The van der Waals surface area contributed by atoms with Crippen molar-refractivity contribution in [3.05, 3.63) is 30.3 Å². The van der Waals surface area contributed by atoms with Crippen LogP contribution < -0.4 is 4.72 Å². The third kappa shape index (κ3) is 3.03. The van der Waals surface area contributed by atoms with Crippen LogP contribution in [0.4, 0.5) is 0 Å². The molecule has 6 heteroatoms. The number of hydrogen-bond donors (Lipinski definition) is 1. The maximum Gasteiger partial charge on any atom is 0.240 e. The second-order valence-corrected chi connectivity index (χ2v) is 7.18. The van der Waals surface area contributed by atoms with Crippen LogP contribution in [0.1, 0.15) is 12.8 Å². The summed E-state index contributed by atoms with van der Waals surface area (Å²) >= 11 is 0.